The molecule has 2 aromatic rings. The maximum absolute atomic E-state index is 13.3. The molecule has 230 valence electrons. The quantitative estimate of drug-likeness (QED) is 0.380. The van der Waals surface area contributed by atoms with Crippen LogP contribution >= 0.6 is 11.6 Å². The number of sulfonamides is 1. The predicted molar refractivity (Wildman–Crippen MR) is 170 cm³/mol. The molecule has 6 nitrogen and oxygen atoms in total. The molecule has 1 spiro atoms. The minimum Gasteiger partial charge on any atom is -0.490 e. The van der Waals surface area contributed by atoms with Gasteiger partial charge in [0.05, 0.1) is 23.1 Å². The van der Waals surface area contributed by atoms with E-state index in [-0.39, 0.29) is 23.5 Å². The van der Waals surface area contributed by atoms with Crippen LogP contribution in [0.5, 0.6) is 5.75 Å². The zero-order valence-corrected chi connectivity index (χ0v) is 27.2. The standard InChI is InChI=1S/C34H47ClN2O4S/c1-23-7-5-15-33(3,40-4)29-12-10-27(29)20-37-21-34(16-6-8-26-18-28(35)11-13-30(26)34)22-41-32-14-9-25(17-31(32)37)19-36-42(38,39)24(23)2/h9,11,13-14,17-18,23-24,27,29,36H,5-8,10,12,15-16,19-22H2,1-4H3/t23-,24+,27-,29+,33+,34-/m0/s1. The van der Waals surface area contributed by atoms with E-state index >= 15 is 0 Å². The number of nitrogens with one attached hydrogen (secondary N) is 1. The number of ether oxygens (including phenoxy) is 2. The summed E-state index contributed by atoms with van der Waals surface area (Å²) in [6.45, 7) is 8.89. The van der Waals surface area contributed by atoms with Crippen LogP contribution in [-0.2, 0) is 33.1 Å². The number of nitrogens with zero attached hydrogens (tertiary/aromatic N) is 1. The average molecular weight is 615 g/mol. The molecule has 8 heteroatoms. The maximum atomic E-state index is 13.3. The van der Waals surface area contributed by atoms with E-state index in [9.17, 15) is 8.42 Å². The Morgan fingerprint density at radius 2 is 1.90 bits per heavy atom. The summed E-state index contributed by atoms with van der Waals surface area (Å²) >= 11 is 6.44. The molecule has 6 atom stereocenters. The van der Waals surface area contributed by atoms with Crippen LogP contribution in [0.3, 0.4) is 0 Å². The molecular formula is C34H47ClN2O4S. The first-order chi connectivity index (χ1) is 20.0. The number of fused-ring (bicyclic) bond motifs is 4. The highest BCUT2D eigenvalue weighted by Gasteiger charge is 2.47. The highest BCUT2D eigenvalue weighted by atomic mass is 35.5. The maximum Gasteiger partial charge on any atom is 0.214 e. The molecule has 1 N–H and O–H groups in total. The lowest BCUT2D eigenvalue weighted by Crippen LogP contribution is -2.52. The van der Waals surface area contributed by atoms with E-state index < -0.39 is 15.3 Å². The average Bonchev–Trinajstić information content (AvgIpc) is 3.10. The van der Waals surface area contributed by atoms with Crippen LogP contribution < -0.4 is 14.4 Å². The van der Waals surface area contributed by atoms with Gasteiger partial charge in [0, 0.05) is 37.2 Å². The molecule has 0 radical (unpaired) electrons. The molecule has 1 fully saturated rings. The Balaban J connectivity index is 1.41. The number of halogens is 1. The Morgan fingerprint density at radius 3 is 2.67 bits per heavy atom. The van der Waals surface area contributed by atoms with E-state index in [4.69, 9.17) is 21.1 Å². The minimum absolute atomic E-state index is 0.0640. The van der Waals surface area contributed by atoms with Crippen LogP contribution in [0.15, 0.2) is 36.4 Å². The van der Waals surface area contributed by atoms with Crippen molar-refractivity contribution in [2.75, 3.05) is 31.7 Å². The molecule has 0 unspecified atom stereocenters. The van der Waals surface area contributed by atoms with Gasteiger partial charge in [-0.1, -0.05) is 37.1 Å². The molecule has 0 saturated heterocycles. The number of anilines is 1. The van der Waals surface area contributed by atoms with Crippen molar-refractivity contribution in [3.05, 3.63) is 58.1 Å². The Bertz CT molecular complexity index is 1420. The van der Waals surface area contributed by atoms with Gasteiger partial charge in [-0.15, -0.1) is 0 Å². The van der Waals surface area contributed by atoms with Crippen LogP contribution in [0.1, 0.15) is 82.4 Å². The molecule has 2 heterocycles. The fourth-order valence-electron chi connectivity index (χ4n) is 8.21. The second-order valence-electron chi connectivity index (χ2n) is 13.8. The predicted octanol–water partition coefficient (Wildman–Crippen LogP) is 6.87. The van der Waals surface area contributed by atoms with E-state index in [1.807, 2.05) is 32.2 Å². The minimum atomic E-state index is -3.47. The zero-order chi connectivity index (χ0) is 29.7. The van der Waals surface area contributed by atoms with Crippen LogP contribution in [0.4, 0.5) is 5.69 Å². The van der Waals surface area contributed by atoms with Crippen molar-refractivity contribution in [3.8, 4) is 5.75 Å². The van der Waals surface area contributed by atoms with Gasteiger partial charge < -0.3 is 14.4 Å². The van der Waals surface area contributed by atoms with Crippen LogP contribution in [0.2, 0.25) is 5.02 Å². The van der Waals surface area contributed by atoms with Crippen LogP contribution in [0.25, 0.3) is 0 Å². The van der Waals surface area contributed by atoms with Crippen molar-refractivity contribution < 1.29 is 17.9 Å². The molecule has 4 aliphatic rings. The third-order valence-corrected chi connectivity index (χ3v) is 13.6. The fraction of sp³-hybridized carbons (Fsp3) is 0.647. The third-order valence-electron chi connectivity index (χ3n) is 11.3. The summed E-state index contributed by atoms with van der Waals surface area (Å²) in [6, 6.07) is 12.6. The summed E-state index contributed by atoms with van der Waals surface area (Å²) in [5, 5.41) is 0.330. The Kier molecular flexibility index (Phi) is 8.36. The Labute approximate surface area is 257 Å². The lowest BCUT2D eigenvalue weighted by molar-refractivity contribution is -0.103. The van der Waals surface area contributed by atoms with Crippen molar-refractivity contribution >= 4 is 27.3 Å². The van der Waals surface area contributed by atoms with E-state index in [0.29, 0.717) is 18.4 Å². The summed E-state index contributed by atoms with van der Waals surface area (Å²) in [6.07, 6.45) is 8.35. The first-order valence-corrected chi connectivity index (χ1v) is 17.8. The van der Waals surface area contributed by atoms with Gasteiger partial charge in [-0.3, -0.25) is 0 Å². The van der Waals surface area contributed by atoms with Gasteiger partial charge in [0.25, 0.3) is 0 Å². The monoisotopic (exact) mass is 614 g/mol. The van der Waals surface area contributed by atoms with Crippen LogP contribution in [0, 0.1) is 17.8 Å². The summed E-state index contributed by atoms with van der Waals surface area (Å²) in [7, 11) is -1.61. The molecule has 2 aliphatic carbocycles. The van der Waals surface area contributed by atoms with E-state index in [2.05, 4.69) is 41.7 Å². The molecule has 42 heavy (non-hydrogen) atoms. The summed E-state index contributed by atoms with van der Waals surface area (Å²) in [4.78, 5) is 2.56. The summed E-state index contributed by atoms with van der Waals surface area (Å²) in [5.41, 5.74) is 4.37. The largest absolute Gasteiger partial charge is 0.490 e. The van der Waals surface area contributed by atoms with Gasteiger partial charge in [-0.05, 0) is 118 Å². The van der Waals surface area contributed by atoms with Crippen molar-refractivity contribution in [2.45, 2.75) is 94.9 Å². The first-order valence-electron chi connectivity index (χ1n) is 15.9. The fourth-order valence-corrected chi connectivity index (χ4v) is 9.79. The first kappa shape index (κ1) is 30.2. The molecule has 6 rings (SSSR count). The number of benzene rings is 2. The van der Waals surface area contributed by atoms with Crippen molar-refractivity contribution in [1.82, 2.24) is 4.72 Å². The number of aryl methyl sites for hydroxylation is 1. The summed E-state index contributed by atoms with van der Waals surface area (Å²) in [5.74, 6) is 1.94. The molecular weight excluding hydrogens is 568 g/mol. The Hall–Kier alpha value is -1.80. The molecule has 2 aromatic carbocycles. The summed E-state index contributed by atoms with van der Waals surface area (Å²) < 4.78 is 42.5. The van der Waals surface area contributed by atoms with Gasteiger partial charge in [-0.2, -0.15) is 0 Å². The molecule has 2 aliphatic heterocycles. The second-order valence-corrected chi connectivity index (χ2v) is 16.4. The Morgan fingerprint density at radius 1 is 1.07 bits per heavy atom. The highest BCUT2D eigenvalue weighted by Crippen LogP contribution is 2.49. The van der Waals surface area contributed by atoms with Crippen molar-refractivity contribution in [2.24, 2.45) is 17.8 Å². The number of hydrogen-bond donors (Lipinski definition) is 1. The van der Waals surface area contributed by atoms with Gasteiger partial charge in [-0.25, -0.2) is 13.1 Å². The zero-order valence-electron chi connectivity index (χ0n) is 25.6. The van der Waals surface area contributed by atoms with Crippen molar-refractivity contribution in [3.63, 3.8) is 0 Å². The molecule has 0 amide bonds. The smallest absolute Gasteiger partial charge is 0.214 e. The van der Waals surface area contributed by atoms with Gasteiger partial charge in [0.1, 0.15) is 5.75 Å². The van der Waals surface area contributed by atoms with Crippen molar-refractivity contribution in [1.29, 1.82) is 0 Å². The van der Waals surface area contributed by atoms with E-state index in [0.717, 1.165) is 73.6 Å². The lowest BCUT2D eigenvalue weighted by Gasteiger charge is -2.50. The number of hydrogen-bond acceptors (Lipinski definition) is 5. The van der Waals surface area contributed by atoms with Gasteiger partial charge in [0.15, 0.2) is 0 Å². The number of methoxy groups -OCH3 is 1. The molecule has 0 aromatic heterocycles. The normalized spacial score (nSPS) is 34.8. The molecule has 1 saturated carbocycles. The number of rotatable bonds is 1. The lowest BCUT2D eigenvalue weighted by atomic mass is 9.63. The van der Waals surface area contributed by atoms with E-state index in [1.54, 1.807) is 0 Å². The van der Waals surface area contributed by atoms with Gasteiger partial charge >= 0.3 is 0 Å². The SMILES string of the molecule is CO[C@]1(C)CCC[C@H](C)[C@@H](C)S(=O)(=O)NCc2ccc3c(c2)N(C[C@@H]2CC[C@H]21)C[C@@]1(CCCc2cc(Cl)ccc21)CO3. The topological polar surface area (TPSA) is 67.9 Å². The third kappa shape index (κ3) is 5.60. The van der Waals surface area contributed by atoms with Gasteiger partial charge in [0.2, 0.25) is 10.0 Å². The highest BCUT2D eigenvalue weighted by molar-refractivity contribution is 7.90. The van der Waals surface area contributed by atoms with E-state index in [1.165, 1.54) is 24.0 Å². The molecule has 2 bridgehead atoms. The second kappa shape index (κ2) is 11.6. The van der Waals surface area contributed by atoms with Crippen LogP contribution in [-0.4, -0.2) is 46.1 Å².